The van der Waals surface area contributed by atoms with Gasteiger partial charge >= 0.3 is 0 Å². The summed E-state index contributed by atoms with van der Waals surface area (Å²) in [4.78, 5) is 4.19. The van der Waals surface area contributed by atoms with Gasteiger partial charge < -0.3 is 9.88 Å². The van der Waals surface area contributed by atoms with E-state index < -0.39 is 0 Å². The molecule has 0 amide bonds. The Morgan fingerprint density at radius 3 is 2.80 bits per heavy atom. The quantitative estimate of drug-likeness (QED) is 0.698. The van der Waals surface area contributed by atoms with Crippen molar-refractivity contribution in [2.45, 2.75) is 40.2 Å². The number of aromatic nitrogens is 2. The highest BCUT2D eigenvalue weighted by atomic mass is 15.1. The lowest BCUT2D eigenvalue weighted by atomic mass is 10.1. The van der Waals surface area contributed by atoms with Gasteiger partial charge in [-0.05, 0) is 32.2 Å². The van der Waals surface area contributed by atoms with Crippen molar-refractivity contribution in [3.63, 3.8) is 0 Å². The van der Waals surface area contributed by atoms with Crippen molar-refractivity contribution in [1.29, 1.82) is 0 Å². The Balaban J connectivity index is 2.00. The SMILES string of the molecule is Cc1nccn1CCNCCCC(C)C. The first kappa shape index (κ1) is 12.2. The third-order valence-corrected chi connectivity index (χ3v) is 2.59. The zero-order valence-electron chi connectivity index (χ0n) is 10.2. The van der Waals surface area contributed by atoms with Crippen LogP contribution in [0, 0.1) is 12.8 Å². The van der Waals surface area contributed by atoms with Crippen molar-refractivity contribution in [1.82, 2.24) is 14.9 Å². The highest BCUT2D eigenvalue weighted by Gasteiger charge is 1.96. The molecule has 1 N–H and O–H groups in total. The number of aryl methyl sites for hydroxylation is 1. The third-order valence-electron chi connectivity index (χ3n) is 2.59. The summed E-state index contributed by atoms with van der Waals surface area (Å²) >= 11 is 0. The summed E-state index contributed by atoms with van der Waals surface area (Å²) in [5.41, 5.74) is 0. The van der Waals surface area contributed by atoms with Crippen molar-refractivity contribution in [3.05, 3.63) is 18.2 Å². The van der Waals surface area contributed by atoms with Crippen LogP contribution in [0.3, 0.4) is 0 Å². The number of nitrogens with zero attached hydrogens (tertiary/aromatic N) is 2. The molecule has 3 nitrogen and oxygen atoms in total. The second-order valence-electron chi connectivity index (χ2n) is 4.45. The minimum Gasteiger partial charge on any atom is -0.334 e. The molecule has 0 saturated carbocycles. The zero-order valence-corrected chi connectivity index (χ0v) is 10.2. The van der Waals surface area contributed by atoms with Crippen LogP contribution >= 0.6 is 0 Å². The van der Waals surface area contributed by atoms with Crippen molar-refractivity contribution < 1.29 is 0 Å². The lowest BCUT2D eigenvalue weighted by molar-refractivity contribution is 0.513. The number of hydrogen-bond acceptors (Lipinski definition) is 2. The van der Waals surface area contributed by atoms with Gasteiger partial charge in [0.15, 0.2) is 0 Å². The Kier molecular flexibility index (Phi) is 5.40. The number of imidazole rings is 1. The van der Waals surface area contributed by atoms with Gasteiger partial charge in [0.1, 0.15) is 5.82 Å². The maximum Gasteiger partial charge on any atom is 0.105 e. The van der Waals surface area contributed by atoms with E-state index in [-0.39, 0.29) is 0 Å². The van der Waals surface area contributed by atoms with Gasteiger partial charge in [0.25, 0.3) is 0 Å². The largest absolute Gasteiger partial charge is 0.334 e. The Labute approximate surface area is 92.9 Å². The van der Waals surface area contributed by atoms with Crippen LogP contribution in [-0.4, -0.2) is 22.6 Å². The third kappa shape index (κ3) is 4.98. The molecule has 15 heavy (non-hydrogen) atoms. The molecule has 0 saturated heterocycles. The van der Waals surface area contributed by atoms with Gasteiger partial charge in [0.2, 0.25) is 0 Å². The average molecular weight is 209 g/mol. The van der Waals surface area contributed by atoms with E-state index in [9.17, 15) is 0 Å². The molecule has 0 bridgehead atoms. The van der Waals surface area contributed by atoms with Gasteiger partial charge in [-0.25, -0.2) is 4.98 Å². The lowest BCUT2D eigenvalue weighted by Crippen LogP contribution is -2.21. The van der Waals surface area contributed by atoms with Crippen molar-refractivity contribution in [2.75, 3.05) is 13.1 Å². The van der Waals surface area contributed by atoms with Gasteiger partial charge in [0.05, 0.1) is 0 Å². The van der Waals surface area contributed by atoms with Crippen LogP contribution in [0.4, 0.5) is 0 Å². The predicted octanol–water partition coefficient (Wildman–Crippen LogP) is 2.22. The van der Waals surface area contributed by atoms with Gasteiger partial charge in [-0.2, -0.15) is 0 Å². The molecule has 0 fully saturated rings. The maximum absolute atomic E-state index is 4.19. The summed E-state index contributed by atoms with van der Waals surface area (Å²) < 4.78 is 2.18. The molecule has 0 atom stereocenters. The summed E-state index contributed by atoms with van der Waals surface area (Å²) in [5, 5.41) is 3.46. The van der Waals surface area contributed by atoms with Crippen molar-refractivity contribution >= 4 is 0 Å². The first-order chi connectivity index (χ1) is 7.20. The Hall–Kier alpha value is -0.830. The second kappa shape index (κ2) is 6.62. The van der Waals surface area contributed by atoms with E-state index in [1.54, 1.807) is 0 Å². The first-order valence-electron chi connectivity index (χ1n) is 5.88. The molecule has 1 aromatic rings. The molecule has 0 radical (unpaired) electrons. The van der Waals surface area contributed by atoms with E-state index in [0.29, 0.717) is 0 Å². The fraction of sp³-hybridized carbons (Fsp3) is 0.750. The Morgan fingerprint density at radius 2 is 2.20 bits per heavy atom. The summed E-state index contributed by atoms with van der Waals surface area (Å²) in [6, 6.07) is 0. The highest BCUT2D eigenvalue weighted by molar-refractivity contribution is 4.88. The zero-order chi connectivity index (χ0) is 11.1. The standard InChI is InChI=1S/C12H23N3/c1-11(2)5-4-6-13-7-9-15-10-8-14-12(15)3/h8,10-11,13H,4-7,9H2,1-3H3. The molecule has 1 rings (SSSR count). The van der Waals surface area contributed by atoms with E-state index in [4.69, 9.17) is 0 Å². The molecule has 0 spiro atoms. The number of nitrogens with one attached hydrogen (secondary N) is 1. The van der Waals surface area contributed by atoms with E-state index in [1.807, 2.05) is 19.3 Å². The van der Waals surface area contributed by atoms with Gasteiger partial charge in [-0.3, -0.25) is 0 Å². The van der Waals surface area contributed by atoms with Crippen LogP contribution in [0.25, 0.3) is 0 Å². The minimum atomic E-state index is 0.822. The molecule has 0 unspecified atom stereocenters. The van der Waals surface area contributed by atoms with Crippen LogP contribution in [0.15, 0.2) is 12.4 Å². The van der Waals surface area contributed by atoms with Crippen LogP contribution in [0.2, 0.25) is 0 Å². The Bertz CT molecular complexity index is 266. The van der Waals surface area contributed by atoms with E-state index in [2.05, 4.69) is 28.7 Å². The van der Waals surface area contributed by atoms with Gasteiger partial charge in [-0.1, -0.05) is 13.8 Å². The van der Waals surface area contributed by atoms with E-state index in [0.717, 1.165) is 31.4 Å². The normalized spacial score (nSPS) is 11.2. The Morgan fingerprint density at radius 1 is 1.40 bits per heavy atom. The molecule has 0 aliphatic rings. The molecular formula is C12H23N3. The van der Waals surface area contributed by atoms with Crippen LogP contribution in [0.5, 0.6) is 0 Å². The van der Waals surface area contributed by atoms with E-state index in [1.165, 1.54) is 12.8 Å². The average Bonchev–Trinajstić information content (AvgIpc) is 2.57. The molecule has 3 heteroatoms. The first-order valence-corrected chi connectivity index (χ1v) is 5.88. The van der Waals surface area contributed by atoms with E-state index >= 15 is 0 Å². The molecule has 0 aliphatic heterocycles. The van der Waals surface area contributed by atoms with Gasteiger partial charge in [0, 0.05) is 25.5 Å². The van der Waals surface area contributed by atoms with Crippen LogP contribution in [-0.2, 0) is 6.54 Å². The topological polar surface area (TPSA) is 29.9 Å². The monoisotopic (exact) mass is 209 g/mol. The molecule has 0 aliphatic carbocycles. The molecule has 1 heterocycles. The number of hydrogen-bond donors (Lipinski definition) is 1. The molecule has 86 valence electrons. The van der Waals surface area contributed by atoms with Crippen molar-refractivity contribution in [2.24, 2.45) is 5.92 Å². The fourth-order valence-electron chi connectivity index (χ4n) is 1.60. The fourth-order valence-corrected chi connectivity index (χ4v) is 1.60. The second-order valence-corrected chi connectivity index (χ2v) is 4.45. The minimum absolute atomic E-state index is 0.822. The smallest absolute Gasteiger partial charge is 0.105 e. The predicted molar refractivity (Wildman–Crippen MR) is 63.9 cm³/mol. The van der Waals surface area contributed by atoms with Crippen LogP contribution < -0.4 is 5.32 Å². The maximum atomic E-state index is 4.19. The molecular weight excluding hydrogens is 186 g/mol. The summed E-state index contributed by atoms with van der Waals surface area (Å²) in [6.07, 6.45) is 6.48. The number of rotatable bonds is 7. The summed E-state index contributed by atoms with van der Waals surface area (Å²) in [7, 11) is 0. The summed E-state index contributed by atoms with van der Waals surface area (Å²) in [6.45, 7) is 9.77. The van der Waals surface area contributed by atoms with Crippen LogP contribution in [0.1, 0.15) is 32.5 Å². The van der Waals surface area contributed by atoms with Gasteiger partial charge in [-0.15, -0.1) is 0 Å². The van der Waals surface area contributed by atoms with Crippen molar-refractivity contribution in [3.8, 4) is 0 Å². The molecule has 0 aromatic carbocycles. The molecule has 1 aromatic heterocycles. The highest BCUT2D eigenvalue weighted by Crippen LogP contribution is 2.01. The summed E-state index contributed by atoms with van der Waals surface area (Å²) in [5.74, 6) is 1.92. The lowest BCUT2D eigenvalue weighted by Gasteiger charge is -2.08.